The molecule has 1 heterocycles. The van der Waals surface area contributed by atoms with E-state index < -0.39 is 12.2 Å². The van der Waals surface area contributed by atoms with Gasteiger partial charge in [0, 0.05) is 20.0 Å². The monoisotopic (exact) mass is 188 g/mol. The molecule has 0 bridgehead atoms. The third-order valence-corrected chi connectivity index (χ3v) is 2.20. The van der Waals surface area contributed by atoms with Gasteiger partial charge in [0.05, 0.1) is 12.1 Å². The van der Waals surface area contributed by atoms with E-state index in [4.69, 9.17) is 0 Å². The summed E-state index contributed by atoms with van der Waals surface area (Å²) in [5.74, 6) is -0.188. The number of likely N-dealkylation sites (N-methyl/N-ethyl adjacent to an activating group) is 1. The van der Waals surface area contributed by atoms with Gasteiger partial charge in [-0.15, -0.1) is 0 Å². The molecule has 0 spiro atoms. The second-order valence-electron chi connectivity index (χ2n) is 3.59. The normalized spacial score (nSPS) is 35.8. The molecule has 1 amide bonds. The molecule has 3 atom stereocenters. The van der Waals surface area contributed by atoms with Crippen molar-refractivity contribution < 1.29 is 15.0 Å². The molecule has 0 radical (unpaired) electrons. The van der Waals surface area contributed by atoms with Crippen molar-refractivity contribution in [3.05, 3.63) is 0 Å². The lowest BCUT2D eigenvalue weighted by Gasteiger charge is -2.37. The van der Waals surface area contributed by atoms with Crippen LogP contribution in [-0.2, 0) is 4.79 Å². The Labute approximate surface area is 77.3 Å². The summed E-state index contributed by atoms with van der Waals surface area (Å²) in [6, 6.07) is -0.369. The fourth-order valence-electron chi connectivity index (χ4n) is 1.61. The third kappa shape index (κ3) is 2.65. The first kappa shape index (κ1) is 10.4. The van der Waals surface area contributed by atoms with Gasteiger partial charge in [0.1, 0.15) is 6.10 Å². The van der Waals surface area contributed by atoms with Crippen molar-refractivity contribution in [3.8, 4) is 0 Å². The Bertz CT molecular complexity index is 198. The van der Waals surface area contributed by atoms with Gasteiger partial charge in [0.2, 0.25) is 5.91 Å². The second kappa shape index (κ2) is 4.04. The van der Waals surface area contributed by atoms with Gasteiger partial charge in [-0.05, 0) is 7.05 Å². The number of aliphatic hydroxyl groups excluding tert-OH is 2. The van der Waals surface area contributed by atoms with Crippen LogP contribution in [0.25, 0.3) is 0 Å². The quantitative estimate of drug-likeness (QED) is 0.452. The van der Waals surface area contributed by atoms with Gasteiger partial charge in [-0.2, -0.15) is 0 Å². The van der Waals surface area contributed by atoms with Crippen LogP contribution in [-0.4, -0.2) is 59.4 Å². The number of β-amino-alcohol motifs (C(OH)–C–C–N with tert-alkyl or cyclic N) is 1. The number of likely N-dealkylation sites (tertiary alicyclic amines) is 1. The first-order valence-electron chi connectivity index (χ1n) is 4.32. The Kier molecular flexibility index (Phi) is 3.24. The maximum atomic E-state index is 10.7. The molecule has 5 nitrogen and oxygen atoms in total. The molecule has 5 heteroatoms. The average molecular weight is 188 g/mol. The van der Waals surface area contributed by atoms with Crippen LogP contribution in [0.1, 0.15) is 6.92 Å². The summed E-state index contributed by atoms with van der Waals surface area (Å²) in [6.45, 7) is 2.41. The number of aliphatic hydroxyl groups is 2. The zero-order valence-corrected chi connectivity index (χ0v) is 7.90. The molecular weight excluding hydrogens is 172 g/mol. The Morgan fingerprint density at radius 3 is 2.62 bits per heavy atom. The van der Waals surface area contributed by atoms with Crippen molar-refractivity contribution in [2.75, 3.05) is 20.1 Å². The second-order valence-corrected chi connectivity index (χ2v) is 3.59. The third-order valence-electron chi connectivity index (χ3n) is 2.20. The molecule has 0 unspecified atom stereocenters. The first-order chi connectivity index (χ1) is 6.00. The number of rotatable bonds is 1. The molecule has 0 aromatic heterocycles. The number of hydrogen-bond acceptors (Lipinski definition) is 4. The van der Waals surface area contributed by atoms with Crippen LogP contribution in [0.4, 0.5) is 0 Å². The highest BCUT2D eigenvalue weighted by Crippen LogP contribution is 2.09. The number of amides is 1. The van der Waals surface area contributed by atoms with Crippen LogP contribution in [0.15, 0.2) is 0 Å². The van der Waals surface area contributed by atoms with Crippen LogP contribution in [0.2, 0.25) is 0 Å². The molecule has 1 saturated heterocycles. The smallest absolute Gasteiger partial charge is 0.217 e. The predicted octanol–water partition coefficient (Wildman–Crippen LogP) is -1.84. The highest BCUT2D eigenvalue weighted by atomic mass is 16.3. The number of piperidine rings is 1. The van der Waals surface area contributed by atoms with Crippen molar-refractivity contribution in [2.24, 2.45) is 0 Å². The topological polar surface area (TPSA) is 72.8 Å². The van der Waals surface area contributed by atoms with Gasteiger partial charge in [0.15, 0.2) is 0 Å². The molecule has 0 aliphatic carbocycles. The molecule has 1 rings (SSSR count). The van der Waals surface area contributed by atoms with E-state index in [9.17, 15) is 15.0 Å². The van der Waals surface area contributed by atoms with Crippen molar-refractivity contribution in [1.29, 1.82) is 0 Å². The van der Waals surface area contributed by atoms with E-state index in [1.807, 2.05) is 11.9 Å². The van der Waals surface area contributed by atoms with E-state index in [2.05, 4.69) is 5.32 Å². The van der Waals surface area contributed by atoms with Gasteiger partial charge in [-0.3, -0.25) is 4.79 Å². The van der Waals surface area contributed by atoms with Crippen LogP contribution >= 0.6 is 0 Å². The van der Waals surface area contributed by atoms with E-state index in [-0.39, 0.29) is 11.9 Å². The molecule has 1 aliphatic rings. The van der Waals surface area contributed by atoms with Crippen LogP contribution in [0.3, 0.4) is 0 Å². The number of hydrogen-bond donors (Lipinski definition) is 3. The SMILES string of the molecule is CC(=O)N[C@H]1CN(C)C[C@H](O)[C@@H]1O. The van der Waals surface area contributed by atoms with E-state index in [1.165, 1.54) is 6.92 Å². The van der Waals surface area contributed by atoms with Crippen LogP contribution in [0, 0.1) is 0 Å². The Morgan fingerprint density at radius 1 is 1.46 bits per heavy atom. The lowest BCUT2D eigenvalue weighted by Crippen LogP contribution is -2.60. The summed E-state index contributed by atoms with van der Waals surface area (Å²) >= 11 is 0. The molecule has 1 aliphatic heterocycles. The molecule has 0 aromatic rings. The molecule has 0 saturated carbocycles. The molecular formula is C8H16N2O3. The largest absolute Gasteiger partial charge is 0.389 e. The molecule has 0 aromatic carbocycles. The summed E-state index contributed by atoms with van der Waals surface area (Å²) in [5, 5.41) is 21.5. The Balaban J connectivity index is 2.55. The molecule has 13 heavy (non-hydrogen) atoms. The van der Waals surface area contributed by atoms with E-state index in [1.54, 1.807) is 0 Å². The van der Waals surface area contributed by atoms with Crippen molar-refractivity contribution >= 4 is 5.91 Å². The van der Waals surface area contributed by atoms with Gasteiger partial charge in [0.25, 0.3) is 0 Å². The number of nitrogens with zero attached hydrogens (tertiary/aromatic N) is 1. The standard InChI is InChI=1S/C8H16N2O3/c1-5(11)9-6-3-10(2)4-7(12)8(6)13/h6-8,12-13H,3-4H2,1-2H3,(H,9,11)/t6-,7-,8+/m0/s1. The van der Waals surface area contributed by atoms with Crippen LogP contribution < -0.4 is 5.32 Å². The average Bonchev–Trinajstić information content (AvgIpc) is 1.98. The van der Waals surface area contributed by atoms with Gasteiger partial charge < -0.3 is 20.4 Å². The number of carbonyl (C=O) groups excluding carboxylic acids is 1. The molecule has 76 valence electrons. The predicted molar refractivity (Wildman–Crippen MR) is 47.1 cm³/mol. The van der Waals surface area contributed by atoms with Gasteiger partial charge in [-0.25, -0.2) is 0 Å². The van der Waals surface area contributed by atoms with E-state index in [0.717, 1.165) is 0 Å². The first-order valence-corrected chi connectivity index (χ1v) is 4.32. The summed E-state index contributed by atoms with van der Waals surface area (Å²) in [5.41, 5.74) is 0. The minimum absolute atomic E-state index is 0.188. The highest BCUT2D eigenvalue weighted by molar-refractivity contribution is 5.73. The maximum Gasteiger partial charge on any atom is 0.217 e. The van der Waals surface area contributed by atoms with Crippen molar-refractivity contribution in [1.82, 2.24) is 10.2 Å². The van der Waals surface area contributed by atoms with E-state index in [0.29, 0.717) is 13.1 Å². The zero-order chi connectivity index (χ0) is 10.0. The fourth-order valence-corrected chi connectivity index (χ4v) is 1.61. The van der Waals surface area contributed by atoms with Gasteiger partial charge in [-0.1, -0.05) is 0 Å². The van der Waals surface area contributed by atoms with Gasteiger partial charge >= 0.3 is 0 Å². The molecule has 1 fully saturated rings. The van der Waals surface area contributed by atoms with Crippen molar-refractivity contribution in [2.45, 2.75) is 25.2 Å². The molecule has 3 N–H and O–H groups in total. The Morgan fingerprint density at radius 2 is 2.08 bits per heavy atom. The lowest BCUT2D eigenvalue weighted by atomic mass is 10.00. The fraction of sp³-hybridized carbons (Fsp3) is 0.875. The van der Waals surface area contributed by atoms with Crippen molar-refractivity contribution in [3.63, 3.8) is 0 Å². The number of carbonyl (C=O) groups is 1. The maximum absolute atomic E-state index is 10.7. The summed E-state index contributed by atoms with van der Waals surface area (Å²) in [4.78, 5) is 12.6. The summed E-state index contributed by atoms with van der Waals surface area (Å²) in [6.07, 6.45) is -1.64. The zero-order valence-electron chi connectivity index (χ0n) is 7.90. The minimum Gasteiger partial charge on any atom is -0.389 e. The summed E-state index contributed by atoms with van der Waals surface area (Å²) < 4.78 is 0. The minimum atomic E-state index is -0.861. The lowest BCUT2D eigenvalue weighted by molar-refractivity contribution is -0.123. The highest BCUT2D eigenvalue weighted by Gasteiger charge is 2.33. The van der Waals surface area contributed by atoms with E-state index >= 15 is 0 Å². The summed E-state index contributed by atoms with van der Waals surface area (Å²) in [7, 11) is 1.84. The number of nitrogens with one attached hydrogen (secondary N) is 1. The van der Waals surface area contributed by atoms with Crippen LogP contribution in [0.5, 0.6) is 0 Å². The Hall–Kier alpha value is -0.650.